The van der Waals surface area contributed by atoms with Gasteiger partial charge < -0.3 is 4.74 Å². The Morgan fingerprint density at radius 2 is 2.05 bits per heavy atom. The molecule has 1 aliphatic carbocycles. The van der Waals surface area contributed by atoms with Crippen LogP contribution < -0.4 is 0 Å². The van der Waals surface area contributed by atoms with Crippen molar-refractivity contribution in [2.75, 3.05) is 7.11 Å². The standard InChI is InChI=1S/C16H20O3/c1-19-16(18)11-13-8-5-9-15(17)14(13)10-12-6-3-2-4-7-12/h2-4,6-7,13-14H,5,8-11H2,1H3/t13-,14-/m0/s1. The second kappa shape index (κ2) is 6.50. The van der Waals surface area contributed by atoms with Crippen molar-refractivity contribution in [1.29, 1.82) is 0 Å². The second-order valence-corrected chi connectivity index (χ2v) is 5.20. The van der Waals surface area contributed by atoms with Crippen molar-refractivity contribution >= 4 is 11.8 Å². The van der Waals surface area contributed by atoms with Crippen LogP contribution in [0.25, 0.3) is 0 Å². The zero-order valence-electron chi connectivity index (χ0n) is 11.3. The fourth-order valence-electron chi connectivity index (χ4n) is 2.88. The Kier molecular flexibility index (Phi) is 4.72. The zero-order chi connectivity index (χ0) is 13.7. The van der Waals surface area contributed by atoms with Crippen LogP contribution in [0, 0.1) is 11.8 Å². The van der Waals surface area contributed by atoms with Crippen molar-refractivity contribution in [2.45, 2.75) is 32.1 Å². The third-order valence-electron chi connectivity index (χ3n) is 3.94. The SMILES string of the molecule is COC(=O)C[C@@H]1CCCC(=O)[C@H]1Cc1ccccc1. The van der Waals surface area contributed by atoms with Crippen molar-refractivity contribution in [3.8, 4) is 0 Å². The number of benzene rings is 1. The molecule has 1 aliphatic rings. The molecular weight excluding hydrogens is 240 g/mol. The van der Waals surface area contributed by atoms with E-state index in [0.29, 0.717) is 18.6 Å². The number of hydrogen-bond acceptors (Lipinski definition) is 3. The maximum atomic E-state index is 12.1. The quantitative estimate of drug-likeness (QED) is 0.782. The molecule has 2 rings (SSSR count). The molecule has 0 unspecified atom stereocenters. The van der Waals surface area contributed by atoms with Gasteiger partial charge in [-0.25, -0.2) is 0 Å². The van der Waals surface area contributed by atoms with E-state index in [2.05, 4.69) is 0 Å². The molecule has 1 saturated carbocycles. The van der Waals surface area contributed by atoms with Gasteiger partial charge in [0.25, 0.3) is 0 Å². The number of ether oxygens (including phenoxy) is 1. The lowest BCUT2D eigenvalue weighted by atomic mass is 9.74. The zero-order valence-corrected chi connectivity index (χ0v) is 11.3. The summed E-state index contributed by atoms with van der Waals surface area (Å²) in [4.78, 5) is 23.6. The number of ketones is 1. The van der Waals surface area contributed by atoms with Crippen LogP contribution in [-0.2, 0) is 20.7 Å². The smallest absolute Gasteiger partial charge is 0.305 e. The maximum absolute atomic E-state index is 12.1. The number of hydrogen-bond donors (Lipinski definition) is 0. The number of esters is 1. The molecule has 0 heterocycles. The van der Waals surface area contributed by atoms with Crippen molar-refractivity contribution in [3.05, 3.63) is 35.9 Å². The van der Waals surface area contributed by atoms with Gasteiger partial charge in [-0.15, -0.1) is 0 Å². The van der Waals surface area contributed by atoms with E-state index in [1.165, 1.54) is 7.11 Å². The van der Waals surface area contributed by atoms with Gasteiger partial charge in [0.1, 0.15) is 5.78 Å². The predicted octanol–water partition coefficient (Wildman–Crippen LogP) is 2.78. The van der Waals surface area contributed by atoms with Crippen LogP contribution in [-0.4, -0.2) is 18.9 Å². The van der Waals surface area contributed by atoms with E-state index in [9.17, 15) is 9.59 Å². The van der Waals surface area contributed by atoms with Gasteiger partial charge in [-0.3, -0.25) is 9.59 Å². The summed E-state index contributed by atoms with van der Waals surface area (Å²) in [5, 5.41) is 0. The van der Waals surface area contributed by atoms with Crippen LogP contribution in [0.3, 0.4) is 0 Å². The predicted molar refractivity (Wildman–Crippen MR) is 72.6 cm³/mol. The Morgan fingerprint density at radius 1 is 1.32 bits per heavy atom. The molecule has 1 fully saturated rings. The molecule has 3 nitrogen and oxygen atoms in total. The first-order valence-corrected chi connectivity index (χ1v) is 6.84. The van der Waals surface area contributed by atoms with E-state index in [1.807, 2.05) is 30.3 Å². The maximum Gasteiger partial charge on any atom is 0.305 e. The Morgan fingerprint density at radius 3 is 2.74 bits per heavy atom. The lowest BCUT2D eigenvalue weighted by molar-refractivity contribution is -0.143. The Labute approximate surface area is 114 Å². The molecule has 2 atom stereocenters. The highest BCUT2D eigenvalue weighted by molar-refractivity contribution is 5.83. The lowest BCUT2D eigenvalue weighted by Crippen LogP contribution is -2.32. The summed E-state index contributed by atoms with van der Waals surface area (Å²) in [5.74, 6) is 0.186. The normalized spacial score (nSPS) is 23.1. The van der Waals surface area contributed by atoms with Gasteiger partial charge in [-0.05, 0) is 30.7 Å². The number of carbonyl (C=O) groups excluding carboxylic acids is 2. The van der Waals surface area contributed by atoms with Gasteiger partial charge in [-0.1, -0.05) is 30.3 Å². The topological polar surface area (TPSA) is 43.4 Å². The minimum Gasteiger partial charge on any atom is -0.469 e. The molecule has 3 heteroatoms. The summed E-state index contributed by atoms with van der Waals surface area (Å²) in [6, 6.07) is 10.0. The summed E-state index contributed by atoms with van der Waals surface area (Å²) >= 11 is 0. The molecule has 0 radical (unpaired) electrons. The van der Waals surface area contributed by atoms with Gasteiger partial charge in [0.05, 0.1) is 7.11 Å². The highest BCUT2D eigenvalue weighted by Crippen LogP contribution is 2.32. The molecule has 1 aromatic rings. The molecule has 1 aromatic carbocycles. The minimum absolute atomic E-state index is 0.0322. The average molecular weight is 260 g/mol. The van der Waals surface area contributed by atoms with Crippen LogP contribution in [0.4, 0.5) is 0 Å². The second-order valence-electron chi connectivity index (χ2n) is 5.20. The highest BCUT2D eigenvalue weighted by atomic mass is 16.5. The molecule has 102 valence electrons. The van der Waals surface area contributed by atoms with Crippen LogP contribution in [0.1, 0.15) is 31.2 Å². The van der Waals surface area contributed by atoms with Gasteiger partial charge in [0.15, 0.2) is 0 Å². The van der Waals surface area contributed by atoms with Crippen LogP contribution in [0.2, 0.25) is 0 Å². The van der Waals surface area contributed by atoms with Gasteiger partial charge in [-0.2, -0.15) is 0 Å². The van der Waals surface area contributed by atoms with E-state index in [4.69, 9.17) is 4.74 Å². The average Bonchev–Trinajstić information content (AvgIpc) is 2.43. The molecule has 19 heavy (non-hydrogen) atoms. The summed E-state index contributed by atoms with van der Waals surface area (Å²) < 4.78 is 4.74. The van der Waals surface area contributed by atoms with E-state index < -0.39 is 0 Å². The highest BCUT2D eigenvalue weighted by Gasteiger charge is 2.33. The Hall–Kier alpha value is -1.64. The molecule has 0 spiro atoms. The lowest BCUT2D eigenvalue weighted by Gasteiger charge is -2.29. The van der Waals surface area contributed by atoms with E-state index >= 15 is 0 Å². The van der Waals surface area contributed by atoms with Gasteiger partial charge >= 0.3 is 5.97 Å². The molecule has 0 bridgehead atoms. The third-order valence-corrected chi connectivity index (χ3v) is 3.94. The van der Waals surface area contributed by atoms with E-state index in [-0.39, 0.29) is 17.8 Å². The minimum atomic E-state index is -0.210. The van der Waals surface area contributed by atoms with Crippen molar-refractivity contribution in [3.63, 3.8) is 0 Å². The van der Waals surface area contributed by atoms with Crippen LogP contribution >= 0.6 is 0 Å². The Bertz CT molecular complexity index is 439. The van der Waals surface area contributed by atoms with Gasteiger partial charge in [0, 0.05) is 18.8 Å². The summed E-state index contributed by atoms with van der Waals surface area (Å²) in [6.45, 7) is 0. The number of carbonyl (C=O) groups is 2. The van der Waals surface area contributed by atoms with Crippen LogP contribution in [0.5, 0.6) is 0 Å². The molecule has 0 saturated heterocycles. The number of rotatable bonds is 4. The summed E-state index contributed by atoms with van der Waals surface area (Å²) in [7, 11) is 1.40. The Balaban J connectivity index is 2.08. The first kappa shape index (κ1) is 13.8. The van der Waals surface area contributed by atoms with Crippen molar-refractivity contribution in [2.24, 2.45) is 11.8 Å². The molecule has 0 aromatic heterocycles. The summed E-state index contributed by atoms with van der Waals surface area (Å²) in [5.41, 5.74) is 1.16. The molecule has 0 aliphatic heterocycles. The third kappa shape index (κ3) is 3.66. The van der Waals surface area contributed by atoms with E-state index in [0.717, 1.165) is 24.8 Å². The molecule has 0 amide bonds. The largest absolute Gasteiger partial charge is 0.469 e. The van der Waals surface area contributed by atoms with E-state index in [1.54, 1.807) is 0 Å². The first-order chi connectivity index (χ1) is 9.20. The fourth-order valence-corrected chi connectivity index (χ4v) is 2.88. The fraction of sp³-hybridized carbons (Fsp3) is 0.500. The van der Waals surface area contributed by atoms with Crippen LogP contribution in [0.15, 0.2) is 30.3 Å². The molecule has 0 N–H and O–H groups in total. The van der Waals surface area contributed by atoms with Gasteiger partial charge in [0.2, 0.25) is 0 Å². The van der Waals surface area contributed by atoms with Crippen molar-refractivity contribution in [1.82, 2.24) is 0 Å². The van der Waals surface area contributed by atoms with Crippen molar-refractivity contribution < 1.29 is 14.3 Å². The summed E-state index contributed by atoms with van der Waals surface area (Å²) in [6.07, 6.45) is 3.58. The first-order valence-electron chi connectivity index (χ1n) is 6.84. The number of methoxy groups -OCH3 is 1. The monoisotopic (exact) mass is 260 g/mol. The number of Topliss-reactive ketones (excluding diaryl/α,β-unsaturated/α-hetero) is 1. The molecular formula is C16H20O3.